The van der Waals surface area contributed by atoms with Crippen LogP contribution in [0.2, 0.25) is 0 Å². The summed E-state index contributed by atoms with van der Waals surface area (Å²) in [5.41, 5.74) is 0.900. The highest BCUT2D eigenvalue weighted by Gasteiger charge is 2.26. The maximum atomic E-state index is 12.9. The number of rotatable bonds is 5. The third-order valence-electron chi connectivity index (χ3n) is 4.52. The minimum Gasteiger partial charge on any atom is -0.337 e. The Balaban J connectivity index is 1.53. The summed E-state index contributed by atoms with van der Waals surface area (Å²) in [5, 5.41) is 2.96. The van der Waals surface area contributed by atoms with Crippen LogP contribution in [-0.4, -0.2) is 33.1 Å². The minimum absolute atomic E-state index is 0.0327. The second kappa shape index (κ2) is 7.95. The summed E-state index contributed by atoms with van der Waals surface area (Å²) in [6.07, 6.45) is 9.71. The molecule has 0 aliphatic carbocycles. The number of benzene rings is 1. The van der Waals surface area contributed by atoms with E-state index in [1.807, 2.05) is 22.0 Å². The first-order chi connectivity index (χ1) is 11.7. The van der Waals surface area contributed by atoms with Gasteiger partial charge in [0.25, 0.3) is 0 Å². The van der Waals surface area contributed by atoms with E-state index in [2.05, 4.69) is 10.3 Å². The lowest BCUT2D eigenvalue weighted by atomic mass is 10.00. The first-order valence-electron chi connectivity index (χ1n) is 8.47. The molecular weight excluding hydrogens is 307 g/mol. The SMILES string of the molecule is O=C(NCc1ccc(F)cc1)N1CCCC[C@H]1CCn1ccnc1. The van der Waals surface area contributed by atoms with Crippen molar-refractivity contribution in [3.63, 3.8) is 0 Å². The van der Waals surface area contributed by atoms with E-state index in [0.717, 1.165) is 44.3 Å². The van der Waals surface area contributed by atoms with Crippen molar-refractivity contribution in [1.82, 2.24) is 19.8 Å². The predicted molar refractivity (Wildman–Crippen MR) is 89.8 cm³/mol. The van der Waals surface area contributed by atoms with Crippen LogP contribution >= 0.6 is 0 Å². The lowest BCUT2D eigenvalue weighted by Gasteiger charge is -2.36. The maximum Gasteiger partial charge on any atom is 0.317 e. The molecule has 1 atom stereocenters. The second-order valence-electron chi connectivity index (χ2n) is 6.22. The van der Waals surface area contributed by atoms with Gasteiger partial charge in [0.2, 0.25) is 0 Å². The molecule has 1 aromatic heterocycles. The largest absolute Gasteiger partial charge is 0.337 e. The highest BCUT2D eigenvalue weighted by atomic mass is 19.1. The molecule has 3 rings (SSSR count). The lowest BCUT2D eigenvalue weighted by Crippen LogP contribution is -2.48. The van der Waals surface area contributed by atoms with Crippen LogP contribution in [0.1, 0.15) is 31.2 Å². The summed E-state index contributed by atoms with van der Waals surface area (Å²) >= 11 is 0. The molecule has 2 heterocycles. The number of aryl methyl sites for hydroxylation is 1. The van der Waals surface area contributed by atoms with E-state index in [-0.39, 0.29) is 17.9 Å². The Morgan fingerprint density at radius 3 is 2.88 bits per heavy atom. The van der Waals surface area contributed by atoms with Gasteiger partial charge in [-0.25, -0.2) is 14.2 Å². The zero-order valence-corrected chi connectivity index (χ0v) is 13.7. The van der Waals surface area contributed by atoms with Gasteiger partial charge in [0.05, 0.1) is 6.33 Å². The van der Waals surface area contributed by atoms with E-state index >= 15 is 0 Å². The van der Waals surface area contributed by atoms with Crippen LogP contribution in [0.3, 0.4) is 0 Å². The quantitative estimate of drug-likeness (QED) is 0.915. The predicted octanol–water partition coefficient (Wildman–Crippen LogP) is 3.18. The summed E-state index contributed by atoms with van der Waals surface area (Å²) in [6.45, 7) is 2.08. The van der Waals surface area contributed by atoms with Crippen LogP contribution < -0.4 is 5.32 Å². The van der Waals surface area contributed by atoms with E-state index in [4.69, 9.17) is 0 Å². The van der Waals surface area contributed by atoms with Gasteiger partial charge in [-0.05, 0) is 43.4 Å². The summed E-state index contributed by atoms with van der Waals surface area (Å²) < 4.78 is 15.0. The topological polar surface area (TPSA) is 50.2 Å². The third kappa shape index (κ3) is 4.34. The molecule has 2 amide bonds. The molecule has 6 heteroatoms. The number of halogens is 1. The van der Waals surface area contributed by atoms with Crippen molar-refractivity contribution in [3.05, 3.63) is 54.4 Å². The van der Waals surface area contributed by atoms with Gasteiger partial charge in [-0.15, -0.1) is 0 Å². The molecule has 128 valence electrons. The van der Waals surface area contributed by atoms with Crippen LogP contribution in [-0.2, 0) is 13.1 Å². The van der Waals surface area contributed by atoms with Gasteiger partial charge in [0.15, 0.2) is 0 Å². The first kappa shape index (κ1) is 16.5. The van der Waals surface area contributed by atoms with Crippen molar-refractivity contribution in [3.8, 4) is 0 Å². The number of urea groups is 1. The average molecular weight is 330 g/mol. The molecule has 1 saturated heterocycles. The molecular formula is C18H23FN4O. The van der Waals surface area contributed by atoms with Crippen molar-refractivity contribution < 1.29 is 9.18 Å². The summed E-state index contributed by atoms with van der Waals surface area (Å²) in [6, 6.07) is 6.45. The Morgan fingerprint density at radius 1 is 1.29 bits per heavy atom. The molecule has 0 unspecified atom stereocenters. The number of aromatic nitrogens is 2. The van der Waals surface area contributed by atoms with Gasteiger partial charge in [0, 0.05) is 38.1 Å². The number of carbonyl (C=O) groups excluding carboxylic acids is 1. The molecule has 2 aromatic rings. The van der Waals surface area contributed by atoms with Crippen molar-refractivity contribution in [2.45, 2.75) is 44.8 Å². The lowest BCUT2D eigenvalue weighted by molar-refractivity contribution is 0.143. The fourth-order valence-electron chi connectivity index (χ4n) is 3.17. The minimum atomic E-state index is -0.263. The zero-order chi connectivity index (χ0) is 16.8. The number of nitrogens with zero attached hydrogens (tertiary/aromatic N) is 3. The number of hydrogen-bond acceptors (Lipinski definition) is 2. The normalized spacial score (nSPS) is 17.7. The summed E-state index contributed by atoms with van der Waals surface area (Å²) in [4.78, 5) is 18.5. The van der Waals surface area contributed by atoms with Crippen LogP contribution in [0.5, 0.6) is 0 Å². The van der Waals surface area contributed by atoms with Crippen LogP contribution in [0, 0.1) is 5.82 Å². The number of piperidine rings is 1. The van der Waals surface area contributed by atoms with Gasteiger partial charge in [-0.3, -0.25) is 0 Å². The van der Waals surface area contributed by atoms with Gasteiger partial charge in [-0.1, -0.05) is 12.1 Å². The third-order valence-corrected chi connectivity index (χ3v) is 4.52. The number of carbonyl (C=O) groups is 1. The van der Waals surface area contributed by atoms with Gasteiger partial charge >= 0.3 is 6.03 Å². The first-order valence-corrected chi connectivity index (χ1v) is 8.47. The maximum absolute atomic E-state index is 12.9. The number of nitrogens with one attached hydrogen (secondary N) is 1. The fraction of sp³-hybridized carbons (Fsp3) is 0.444. The molecule has 0 radical (unpaired) electrons. The van der Waals surface area contributed by atoms with E-state index < -0.39 is 0 Å². The Bertz CT molecular complexity index is 642. The highest BCUT2D eigenvalue weighted by Crippen LogP contribution is 2.20. The van der Waals surface area contributed by atoms with E-state index in [1.54, 1.807) is 18.3 Å². The molecule has 5 nitrogen and oxygen atoms in total. The van der Waals surface area contributed by atoms with Gasteiger partial charge in [-0.2, -0.15) is 0 Å². The van der Waals surface area contributed by atoms with Gasteiger partial charge < -0.3 is 14.8 Å². The molecule has 1 fully saturated rings. The number of hydrogen-bond donors (Lipinski definition) is 1. The molecule has 1 aliphatic heterocycles. The summed E-state index contributed by atoms with van der Waals surface area (Å²) in [5.74, 6) is -0.263. The molecule has 1 aliphatic rings. The van der Waals surface area contributed by atoms with Crippen LogP contribution in [0.15, 0.2) is 43.0 Å². The molecule has 0 bridgehead atoms. The molecule has 0 saturated carbocycles. The van der Waals surface area contributed by atoms with Crippen LogP contribution in [0.4, 0.5) is 9.18 Å². The monoisotopic (exact) mass is 330 g/mol. The molecule has 1 aromatic carbocycles. The Labute approximate surface area is 141 Å². The van der Waals surface area contributed by atoms with Crippen molar-refractivity contribution in [2.75, 3.05) is 6.54 Å². The number of amides is 2. The highest BCUT2D eigenvalue weighted by molar-refractivity contribution is 5.74. The van der Waals surface area contributed by atoms with E-state index in [9.17, 15) is 9.18 Å². The van der Waals surface area contributed by atoms with E-state index in [1.165, 1.54) is 12.1 Å². The Kier molecular flexibility index (Phi) is 5.46. The number of imidazole rings is 1. The van der Waals surface area contributed by atoms with Crippen LogP contribution in [0.25, 0.3) is 0 Å². The molecule has 24 heavy (non-hydrogen) atoms. The van der Waals surface area contributed by atoms with Crippen molar-refractivity contribution >= 4 is 6.03 Å². The molecule has 1 N–H and O–H groups in total. The zero-order valence-electron chi connectivity index (χ0n) is 13.7. The standard InChI is InChI=1S/C18H23FN4O/c19-16-6-4-15(5-7-16)13-21-18(24)23-10-2-1-3-17(23)8-11-22-12-9-20-14-22/h4-7,9,12,14,17H,1-3,8,10-11,13H2,(H,21,24)/t17-/m0/s1. The van der Waals surface area contributed by atoms with Gasteiger partial charge in [0.1, 0.15) is 5.82 Å². The molecule has 0 spiro atoms. The average Bonchev–Trinajstić information content (AvgIpc) is 3.13. The van der Waals surface area contributed by atoms with Crippen molar-refractivity contribution in [2.24, 2.45) is 0 Å². The Morgan fingerprint density at radius 2 is 2.12 bits per heavy atom. The summed E-state index contributed by atoms with van der Waals surface area (Å²) in [7, 11) is 0. The smallest absolute Gasteiger partial charge is 0.317 e. The Hall–Kier alpha value is -2.37. The van der Waals surface area contributed by atoms with E-state index in [0.29, 0.717) is 6.54 Å². The second-order valence-corrected chi connectivity index (χ2v) is 6.22. The van der Waals surface area contributed by atoms with Crippen molar-refractivity contribution in [1.29, 1.82) is 0 Å². The number of likely N-dealkylation sites (tertiary alicyclic amines) is 1. The fourth-order valence-corrected chi connectivity index (χ4v) is 3.17.